The van der Waals surface area contributed by atoms with Gasteiger partial charge in [0.05, 0.1) is 30.6 Å². The number of nitrogens with zero attached hydrogens (tertiary/aromatic N) is 2. The predicted molar refractivity (Wildman–Crippen MR) is 106 cm³/mol. The molecule has 0 spiro atoms. The van der Waals surface area contributed by atoms with Crippen LogP contribution < -0.4 is 4.90 Å². The van der Waals surface area contributed by atoms with Crippen LogP contribution in [0.15, 0.2) is 53.9 Å². The van der Waals surface area contributed by atoms with E-state index in [1.807, 2.05) is 52.7 Å². The third-order valence-corrected chi connectivity index (χ3v) is 6.30. The maximum atomic E-state index is 12.4. The molecule has 2 aromatic carbocycles. The minimum absolute atomic E-state index is 0.0286. The zero-order chi connectivity index (χ0) is 17.9. The zero-order valence-electron chi connectivity index (χ0n) is 13.9. The van der Waals surface area contributed by atoms with Gasteiger partial charge in [0, 0.05) is 10.6 Å². The summed E-state index contributed by atoms with van der Waals surface area (Å²) in [6, 6.07) is 17.7. The quantitative estimate of drug-likeness (QED) is 0.658. The Morgan fingerprint density at radius 2 is 2.15 bits per heavy atom. The Bertz CT molecular complexity index is 979. The molecule has 3 aromatic rings. The summed E-state index contributed by atoms with van der Waals surface area (Å²) in [5, 5.41) is 13.1. The van der Waals surface area contributed by atoms with Gasteiger partial charge in [-0.05, 0) is 40.4 Å². The van der Waals surface area contributed by atoms with Crippen molar-refractivity contribution >= 4 is 45.5 Å². The molecule has 6 heteroatoms. The summed E-state index contributed by atoms with van der Waals surface area (Å²) >= 11 is 3.28. The number of fused-ring (bicyclic) bond motifs is 1. The molecular weight excluding hydrogens is 364 g/mol. The van der Waals surface area contributed by atoms with Crippen LogP contribution in [0.2, 0.25) is 0 Å². The number of amides is 1. The molecule has 0 aliphatic carbocycles. The van der Waals surface area contributed by atoms with E-state index < -0.39 is 0 Å². The topological polar surface area (TPSA) is 53.3 Å². The van der Waals surface area contributed by atoms with Crippen molar-refractivity contribution < 1.29 is 9.53 Å². The fraction of sp³-hybridized carbons (Fsp3) is 0.200. The number of carbonyl (C=O) groups excluding carboxylic acids is 1. The lowest BCUT2D eigenvalue weighted by Gasteiger charge is -2.24. The number of hydrogen-bond acceptors (Lipinski definition) is 5. The molecule has 0 saturated carbocycles. The first-order valence-electron chi connectivity index (χ1n) is 8.23. The molecule has 1 amide bonds. The lowest BCUT2D eigenvalue weighted by molar-refractivity contribution is -0.116. The first-order chi connectivity index (χ1) is 12.8. The Morgan fingerprint density at radius 3 is 2.96 bits per heavy atom. The number of anilines is 1. The van der Waals surface area contributed by atoms with Crippen LogP contribution in [0.25, 0.3) is 10.8 Å². The van der Waals surface area contributed by atoms with E-state index in [1.165, 1.54) is 4.88 Å². The highest BCUT2D eigenvalue weighted by Crippen LogP contribution is 2.33. The highest BCUT2D eigenvalue weighted by molar-refractivity contribution is 8.01. The lowest BCUT2D eigenvalue weighted by Crippen LogP contribution is -2.35. The smallest absolute Gasteiger partial charge is 0.238 e. The normalized spacial score (nSPS) is 17.0. The molecule has 1 saturated heterocycles. The SMILES string of the molecule is N#Cc1cccc2cc(N3C(=O)CSC3COCc3cccs3)ccc12. The molecule has 1 unspecified atom stereocenters. The van der Waals surface area contributed by atoms with Crippen molar-refractivity contribution in [2.45, 2.75) is 12.0 Å². The molecular formula is C20H16N2O2S2. The van der Waals surface area contributed by atoms with Crippen LogP contribution in [0.5, 0.6) is 0 Å². The maximum Gasteiger partial charge on any atom is 0.238 e. The second-order valence-electron chi connectivity index (χ2n) is 5.95. The Kier molecular flexibility index (Phi) is 4.93. The first-order valence-corrected chi connectivity index (χ1v) is 10.2. The van der Waals surface area contributed by atoms with E-state index in [2.05, 4.69) is 6.07 Å². The van der Waals surface area contributed by atoms with Crippen molar-refractivity contribution in [3.8, 4) is 6.07 Å². The van der Waals surface area contributed by atoms with E-state index in [-0.39, 0.29) is 11.3 Å². The molecule has 1 aliphatic rings. The summed E-state index contributed by atoms with van der Waals surface area (Å²) in [6.07, 6.45) is 0. The van der Waals surface area contributed by atoms with Gasteiger partial charge < -0.3 is 4.74 Å². The fourth-order valence-electron chi connectivity index (χ4n) is 3.08. The Balaban J connectivity index is 1.55. The van der Waals surface area contributed by atoms with Gasteiger partial charge in [-0.3, -0.25) is 9.69 Å². The zero-order valence-corrected chi connectivity index (χ0v) is 15.6. The van der Waals surface area contributed by atoms with E-state index in [0.717, 1.165) is 16.5 Å². The average Bonchev–Trinajstić information content (AvgIpc) is 3.31. The molecule has 4 rings (SSSR count). The molecule has 130 valence electrons. The predicted octanol–water partition coefficient (Wildman–Crippen LogP) is 4.40. The van der Waals surface area contributed by atoms with Crippen molar-refractivity contribution in [3.05, 3.63) is 64.4 Å². The van der Waals surface area contributed by atoms with Gasteiger partial charge >= 0.3 is 0 Å². The van der Waals surface area contributed by atoms with E-state index in [1.54, 1.807) is 29.2 Å². The molecule has 1 aromatic heterocycles. The molecule has 4 nitrogen and oxygen atoms in total. The molecule has 0 N–H and O–H groups in total. The highest BCUT2D eigenvalue weighted by atomic mass is 32.2. The molecule has 0 bridgehead atoms. The Labute approximate surface area is 160 Å². The molecule has 0 radical (unpaired) electrons. The summed E-state index contributed by atoms with van der Waals surface area (Å²) in [6.45, 7) is 1.06. The van der Waals surface area contributed by atoms with Crippen molar-refractivity contribution in [1.29, 1.82) is 5.26 Å². The van der Waals surface area contributed by atoms with Crippen LogP contribution in [0.3, 0.4) is 0 Å². The monoisotopic (exact) mass is 380 g/mol. The van der Waals surface area contributed by atoms with Gasteiger partial charge in [-0.1, -0.05) is 24.3 Å². The fourth-order valence-corrected chi connectivity index (χ4v) is 4.77. The second-order valence-corrected chi connectivity index (χ2v) is 8.15. The van der Waals surface area contributed by atoms with Gasteiger partial charge in [-0.15, -0.1) is 23.1 Å². The number of ether oxygens (including phenoxy) is 1. The maximum absolute atomic E-state index is 12.4. The second kappa shape index (κ2) is 7.50. The lowest BCUT2D eigenvalue weighted by atomic mass is 10.0. The van der Waals surface area contributed by atoms with Crippen molar-refractivity contribution in [1.82, 2.24) is 0 Å². The molecule has 1 atom stereocenters. The van der Waals surface area contributed by atoms with Crippen LogP contribution in [0.4, 0.5) is 5.69 Å². The van der Waals surface area contributed by atoms with E-state index in [0.29, 0.717) is 24.5 Å². The van der Waals surface area contributed by atoms with Crippen molar-refractivity contribution in [2.24, 2.45) is 0 Å². The van der Waals surface area contributed by atoms with Crippen LogP contribution in [-0.4, -0.2) is 23.6 Å². The van der Waals surface area contributed by atoms with Gasteiger partial charge in [0.2, 0.25) is 5.91 Å². The number of benzene rings is 2. The third-order valence-electron chi connectivity index (χ3n) is 4.30. The van der Waals surface area contributed by atoms with Crippen molar-refractivity contribution in [3.63, 3.8) is 0 Å². The number of hydrogen-bond donors (Lipinski definition) is 0. The van der Waals surface area contributed by atoms with Crippen LogP contribution in [-0.2, 0) is 16.1 Å². The van der Waals surface area contributed by atoms with Gasteiger partial charge in [-0.2, -0.15) is 5.26 Å². The summed E-state index contributed by atoms with van der Waals surface area (Å²) in [5.74, 6) is 0.555. The number of nitriles is 1. The molecule has 26 heavy (non-hydrogen) atoms. The van der Waals surface area contributed by atoms with Gasteiger partial charge in [0.25, 0.3) is 0 Å². The van der Waals surface area contributed by atoms with Crippen molar-refractivity contribution in [2.75, 3.05) is 17.3 Å². The highest BCUT2D eigenvalue weighted by Gasteiger charge is 2.33. The number of thioether (sulfide) groups is 1. The summed E-state index contributed by atoms with van der Waals surface area (Å²) < 4.78 is 5.84. The van der Waals surface area contributed by atoms with Crippen LogP contribution in [0, 0.1) is 11.3 Å². The van der Waals surface area contributed by atoms with E-state index in [9.17, 15) is 10.1 Å². The average molecular weight is 380 g/mol. The third kappa shape index (κ3) is 3.34. The number of rotatable bonds is 5. The minimum Gasteiger partial charge on any atom is -0.373 e. The Hall–Kier alpha value is -2.33. The largest absolute Gasteiger partial charge is 0.373 e. The van der Waals surface area contributed by atoms with Gasteiger partial charge in [0.1, 0.15) is 5.37 Å². The molecule has 1 aliphatic heterocycles. The minimum atomic E-state index is -0.0286. The standard InChI is InChI=1S/C20H16N2O2S2/c21-10-15-4-1-3-14-9-16(6-7-18(14)15)22-19(23)13-26-20(22)12-24-11-17-5-2-8-25-17/h1-9,20H,11-13H2. The summed E-state index contributed by atoms with van der Waals surface area (Å²) in [7, 11) is 0. The Morgan fingerprint density at radius 1 is 1.23 bits per heavy atom. The van der Waals surface area contributed by atoms with E-state index in [4.69, 9.17) is 4.74 Å². The van der Waals surface area contributed by atoms with Gasteiger partial charge in [0.15, 0.2) is 0 Å². The summed E-state index contributed by atoms with van der Waals surface area (Å²) in [5.41, 5.74) is 1.50. The summed E-state index contributed by atoms with van der Waals surface area (Å²) in [4.78, 5) is 15.4. The van der Waals surface area contributed by atoms with Crippen LogP contribution >= 0.6 is 23.1 Å². The number of thiophene rings is 1. The molecule has 2 heterocycles. The first kappa shape index (κ1) is 17.1. The number of carbonyl (C=O) groups is 1. The van der Waals surface area contributed by atoms with E-state index >= 15 is 0 Å². The van der Waals surface area contributed by atoms with Crippen LogP contribution in [0.1, 0.15) is 10.4 Å². The molecule has 1 fully saturated rings. The van der Waals surface area contributed by atoms with Gasteiger partial charge in [-0.25, -0.2) is 0 Å².